The Labute approximate surface area is 128 Å². The molecule has 0 heterocycles. The maximum Gasteiger partial charge on any atom is 0.0950 e. The molecule has 0 aliphatic rings. The number of nitrogens with one attached hydrogen (secondary N) is 1. The first-order valence-electron chi connectivity index (χ1n) is 7.68. The van der Waals surface area contributed by atoms with Crippen molar-refractivity contribution in [3.05, 3.63) is 35.9 Å². The number of hydrogen-bond donors (Lipinski definition) is 1. The van der Waals surface area contributed by atoms with Crippen LogP contribution < -0.4 is 5.32 Å². The van der Waals surface area contributed by atoms with Crippen molar-refractivity contribution in [3.8, 4) is 0 Å². The van der Waals surface area contributed by atoms with Crippen LogP contribution in [0, 0.1) is 5.92 Å². The van der Waals surface area contributed by atoms with Gasteiger partial charge in [-0.3, -0.25) is 0 Å². The lowest BCUT2D eigenvalue weighted by Crippen LogP contribution is -2.27. The molecule has 0 saturated heterocycles. The van der Waals surface area contributed by atoms with Crippen molar-refractivity contribution in [1.82, 2.24) is 5.32 Å². The third kappa shape index (κ3) is 8.83. The summed E-state index contributed by atoms with van der Waals surface area (Å²) in [7, 11) is 1.67. The zero-order valence-corrected chi connectivity index (χ0v) is 13.5. The molecule has 0 radical (unpaired) electrons. The monoisotopic (exact) mass is 295 g/mol. The fourth-order valence-corrected chi connectivity index (χ4v) is 1.94. The number of methoxy groups -OCH3 is 1. The van der Waals surface area contributed by atoms with Crippen LogP contribution in [-0.2, 0) is 14.2 Å². The Bertz CT molecular complexity index is 343. The maximum absolute atomic E-state index is 5.96. The normalized spacial score (nSPS) is 12.8. The van der Waals surface area contributed by atoms with Gasteiger partial charge in [-0.15, -0.1) is 0 Å². The third-order valence-electron chi connectivity index (χ3n) is 3.03. The molecule has 1 aromatic rings. The van der Waals surface area contributed by atoms with E-state index in [2.05, 4.69) is 31.3 Å². The van der Waals surface area contributed by atoms with Crippen LogP contribution in [0.3, 0.4) is 0 Å². The van der Waals surface area contributed by atoms with Crippen molar-refractivity contribution < 1.29 is 14.2 Å². The minimum Gasteiger partial charge on any atom is -0.382 e. The standard InChI is InChI=1S/C17H29NO3/c1-15(2)13-18-14-17(16-7-5-4-6-8-16)21-12-11-20-10-9-19-3/h4-8,15,17-18H,9-14H2,1-3H3. The second-order valence-corrected chi connectivity index (χ2v) is 5.43. The van der Waals surface area contributed by atoms with Gasteiger partial charge in [0.15, 0.2) is 0 Å². The van der Waals surface area contributed by atoms with Crippen LogP contribution in [0.5, 0.6) is 0 Å². The second-order valence-electron chi connectivity index (χ2n) is 5.43. The fraction of sp³-hybridized carbons (Fsp3) is 0.647. The number of hydrogen-bond acceptors (Lipinski definition) is 4. The number of rotatable bonds is 12. The molecule has 4 nitrogen and oxygen atoms in total. The molecule has 0 bridgehead atoms. The molecule has 0 saturated carbocycles. The Morgan fingerprint density at radius 3 is 2.33 bits per heavy atom. The molecule has 1 unspecified atom stereocenters. The fourth-order valence-electron chi connectivity index (χ4n) is 1.94. The van der Waals surface area contributed by atoms with Crippen molar-refractivity contribution in [3.63, 3.8) is 0 Å². The molecule has 0 fully saturated rings. The van der Waals surface area contributed by atoms with Crippen molar-refractivity contribution in [2.45, 2.75) is 20.0 Å². The van der Waals surface area contributed by atoms with Crippen LogP contribution in [0.4, 0.5) is 0 Å². The molecule has 0 aliphatic heterocycles. The second kappa shape index (κ2) is 11.7. The van der Waals surface area contributed by atoms with Gasteiger partial charge in [0.1, 0.15) is 0 Å². The Morgan fingerprint density at radius 2 is 1.67 bits per heavy atom. The van der Waals surface area contributed by atoms with Crippen molar-refractivity contribution in [2.24, 2.45) is 5.92 Å². The van der Waals surface area contributed by atoms with Crippen LogP contribution in [0.25, 0.3) is 0 Å². The van der Waals surface area contributed by atoms with E-state index in [1.807, 2.05) is 18.2 Å². The summed E-state index contributed by atoms with van der Waals surface area (Å²) in [6.45, 7) is 8.64. The highest BCUT2D eigenvalue weighted by atomic mass is 16.5. The Balaban J connectivity index is 2.34. The molecule has 0 aliphatic carbocycles. The quantitative estimate of drug-likeness (QED) is 0.602. The van der Waals surface area contributed by atoms with Gasteiger partial charge in [0.05, 0.1) is 32.5 Å². The first-order valence-corrected chi connectivity index (χ1v) is 7.68. The van der Waals surface area contributed by atoms with E-state index in [1.54, 1.807) is 7.11 Å². The lowest BCUT2D eigenvalue weighted by atomic mass is 10.1. The summed E-state index contributed by atoms with van der Waals surface area (Å²) in [5.74, 6) is 0.638. The predicted molar refractivity (Wildman–Crippen MR) is 85.5 cm³/mol. The molecule has 4 heteroatoms. The molecular weight excluding hydrogens is 266 g/mol. The van der Waals surface area contributed by atoms with E-state index in [4.69, 9.17) is 14.2 Å². The average Bonchev–Trinajstić information content (AvgIpc) is 2.49. The highest BCUT2D eigenvalue weighted by molar-refractivity contribution is 5.17. The van der Waals surface area contributed by atoms with Gasteiger partial charge in [-0.05, 0) is 18.0 Å². The van der Waals surface area contributed by atoms with Gasteiger partial charge in [-0.1, -0.05) is 44.2 Å². The first-order chi connectivity index (χ1) is 10.2. The van der Waals surface area contributed by atoms with Gasteiger partial charge < -0.3 is 19.5 Å². The lowest BCUT2D eigenvalue weighted by molar-refractivity contribution is -0.00699. The summed E-state index contributed by atoms with van der Waals surface area (Å²) < 4.78 is 16.3. The zero-order chi connectivity index (χ0) is 15.3. The third-order valence-corrected chi connectivity index (χ3v) is 3.03. The SMILES string of the molecule is COCCOCCOC(CNCC(C)C)c1ccccc1. The minimum absolute atomic E-state index is 0.0657. The van der Waals surface area contributed by atoms with Gasteiger partial charge in [-0.25, -0.2) is 0 Å². The molecule has 1 rings (SSSR count). The summed E-state index contributed by atoms with van der Waals surface area (Å²) in [5, 5.41) is 3.46. The van der Waals surface area contributed by atoms with Gasteiger partial charge >= 0.3 is 0 Å². The molecule has 21 heavy (non-hydrogen) atoms. The van der Waals surface area contributed by atoms with Gasteiger partial charge in [-0.2, -0.15) is 0 Å². The van der Waals surface area contributed by atoms with E-state index in [1.165, 1.54) is 5.56 Å². The van der Waals surface area contributed by atoms with E-state index in [9.17, 15) is 0 Å². The molecule has 120 valence electrons. The minimum atomic E-state index is 0.0657. The van der Waals surface area contributed by atoms with Gasteiger partial charge in [0, 0.05) is 13.7 Å². The Morgan fingerprint density at radius 1 is 0.952 bits per heavy atom. The van der Waals surface area contributed by atoms with Gasteiger partial charge in [0.25, 0.3) is 0 Å². The summed E-state index contributed by atoms with van der Waals surface area (Å²) in [4.78, 5) is 0. The Hall–Kier alpha value is -0.940. The molecule has 0 spiro atoms. The molecular formula is C17H29NO3. The van der Waals surface area contributed by atoms with Crippen LogP contribution in [0.2, 0.25) is 0 Å². The van der Waals surface area contributed by atoms with E-state index in [0.717, 1.165) is 13.1 Å². The highest BCUT2D eigenvalue weighted by Crippen LogP contribution is 2.16. The maximum atomic E-state index is 5.96. The first kappa shape index (κ1) is 18.1. The lowest BCUT2D eigenvalue weighted by Gasteiger charge is -2.20. The smallest absolute Gasteiger partial charge is 0.0950 e. The van der Waals surface area contributed by atoms with Crippen LogP contribution in [0.1, 0.15) is 25.5 Å². The van der Waals surface area contributed by atoms with Crippen molar-refractivity contribution in [1.29, 1.82) is 0 Å². The summed E-state index contributed by atoms with van der Waals surface area (Å²) >= 11 is 0. The molecule has 0 amide bonds. The summed E-state index contributed by atoms with van der Waals surface area (Å²) in [6, 6.07) is 10.3. The van der Waals surface area contributed by atoms with E-state index in [-0.39, 0.29) is 6.10 Å². The molecule has 0 aromatic heterocycles. The molecule has 1 N–H and O–H groups in total. The Kier molecular flexibility index (Phi) is 10.1. The molecule has 1 atom stereocenters. The number of ether oxygens (including phenoxy) is 3. The molecule has 1 aromatic carbocycles. The van der Waals surface area contributed by atoms with Crippen LogP contribution >= 0.6 is 0 Å². The van der Waals surface area contributed by atoms with Gasteiger partial charge in [0.2, 0.25) is 0 Å². The zero-order valence-electron chi connectivity index (χ0n) is 13.5. The van der Waals surface area contributed by atoms with Crippen molar-refractivity contribution >= 4 is 0 Å². The summed E-state index contributed by atoms with van der Waals surface area (Å²) in [5.41, 5.74) is 1.20. The average molecular weight is 295 g/mol. The van der Waals surface area contributed by atoms with Crippen LogP contribution in [0.15, 0.2) is 30.3 Å². The predicted octanol–water partition coefficient (Wildman–Crippen LogP) is 2.65. The highest BCUT2D eigenvalue weighted by Gasteiger charge is 2.11. The topological polar surface area (TPSA) is 39.7 Å². The van der Waals surface area contributed by atoms with E-state index >= 15 is 0 Å². The van der Waals surface area contributed by atoms with Crippen LogP contribution in [-0.4, -0.2) is 46.6 Å². The van der Waals surface area contributed by atoms with E-state index < -0.39 is 0 Å². The largest absolute Gasteiger partial charge is 0.382 e. The van der Waals surface area contributed by atoms with E-state index in [0.29, 0.717) is 32.3 Å². The number of benzene rings is 1. The summed E-state index contributed by atoms with van der Waals surface area (Å²) in [6.07, 6.45) is 0.0657. The van der Waals surface area contributed by atoms with Crippen molar-refractivity contribution in [2.75, 3.05) is 46.6 Å².